The minimum absolute atomic E-state index is 0.102. The molecule has 1 amide bonds. The summed E-state index contributed by atoms with van der Waals surface area (Å²) in [6.45, 7) is 3.90. The number of rotatable bonds is 10. The van der Waals surface area contributed by atoms with E-state index in [1.54, 1.807) is 24.3 Å². The number of nitrogens with one attached hydrogen (secondary N) is 1. The highest BCUT2D eigenvalue weighted by molar-refractivity contribution is 6.30. The van der Waals surface area contributed by atoms with Crippen LogP contribution in [0, 0.1) is 11.7 Å². The maximum atomic E-state index is 14.2. The van der Waals surface area contributed by atoms with Gasteiger partial charge < -0.3 is 20.4 Å². The topological polar surface area (TPSA) is 127 Å². The number of esters is 1. The van der Waals surface area contributed by atoms with Crippen LogP contribution in [0.1, 0.15) is 36.3 Å². The molecule has 3 N–H and O–H groups in total. The summed E-state index contributed by atoms with van der Waals surface area (Å²) in [5.74, 6) is -1.74. The second-order valence-corrected chi connectivity index (χ2v) is 8.93. The first-order valence-electron chi connectivity index (χ1n) is 10.9. The van der Waals surface area contributed by atoms with Gasteiger partial charge in [0.15, 0.2) is 11.8 Å². The van der Waals surface area contributed by atoms with Crippen LogP contribution in [-0.4, -0.2) is 56.1 Å². The summed E-state index contributed by atoms with van der Waals surface area (Å²) in [6.07, 6.45) is -0.326. The number of carbonyl (C=O) groups is 2. The van der Waals surface area contributed by atoms with Gasteiger partial charge in [0.25, 0.3) is 5.91 Å². The number of carbonyl (C=O) groups excluding carboxylic acids is 2. The molecule has 0 spiro atoms. The molecule has 0 saturated heterocycles. The predicted octanol–water partition coefficient (Wildman–Crippen LogP) is 3.27. The highest BCUT2D eigenvalue weighted by Crippen LogP contribution is 2.26. The second-order valence-electron chi connectivity index (χ2n) is 8.50. The molecule has 1 aromatic heterocycles. The van der Waals surface area contributed by atoms with Crippen molar-refractivity contribution >= 4 is 23.5 Å². The van der Waals surface area contributed by atoms with Crippen LogP contribution >= 0.6 is 11.6 Å². The van der Waals surface area contributed by atoms with Crippen LogP contribution in [0.25, 0.3) is 11.1 Å². The van der Waals surface area contributed by atoms with Gasteiger partial charge in [-0.3, -0.25) is 4.79 Å². The molecule has 35 heavy (non-hydrogen) atoms. The molecule has 0 aliphatic carbocycles. The third-order valence-electron chi connectivity index (χ3n) is 5.06. The van der Waals surface area contributed by atoms with E-state index in [9.17, 15) is 24.3 Å². The molecule has 0 bridgehead atoms. The Morgan fingerprint density at radius 3 is 2.54 bits per heavy atom. The number of amides is 1. The monoisotopic (exact) mass is 504 g/mol. The Morgan fingerprint density at radius 1 is 1.20 bits per heavy atom. The van der Waals surface area contributed by atoms with Crippen molar-refractivity contribution in [3.8, 4) is 11.1 Å². The summed E-state index contributed by atoms with van der Waals surface area (Å²) in [5, 5.41) is 29.6. The summed E-state index contributed by atoms with van der Waals surface area (Å²) >= 11 is 5.99. The molecular weight excluding hydrogens is 479 g/mol. The van der Waals surface area contributed by atoms with Gasteiger partial charge in [-0.2, -0.15) is 0 Å². The lowest BCUT2D eigenvalue weighted by molar-refractivity contribution is -0.155. The lowest BCUT2D eigenvalue weighted by Gasteiger charge is -2.21. The van der Waals surface area contributed by atoms with Crippen LogP contribution in [0.5, 0.6) is 0 Å². The minimum atomic E-state index is -1.47. The first-order chi connectivity index (χ1) is 16.6. The standard InChI is InChI=1S/C24H26ClFN4O5/c1-14(2)13-35-24(33)22(31)11-18(27-23(32)21-12-30(34)29-28-21)9-15-3-5-16(6-4-15)19-10-17(25)7-8-20(19)26/h3-8,10,12,14,18,22,31,34H,9,11,13H2,1-2H3,(H,27,32)/t18-,22-/m1/s1. The largest absolute Gasteiger partial charge is 0.464 e. The zero-order chi connectivity index (χ0) is 25.5. The Morgan fingerprint density at radius 2 is 1.91 bits per heavy atom. The van der Waals surface area contributed by atoms with Crippen LogP contribution in [0.3, 0.4) is 0 Å². The molecule has 3 aromatic rings. The van der Waals surface area contributed by atoms with E-state index in [-0.39, 0.29) is 31.1 Å². The second kappa shape index (κ2) is 11.8. The molecule has 0 saturated carbocycles. The summed E-state index contributed by atoms with van der Waals surface area (Å²) in [7, 11) is 0. The molecule has 0 aliphatic heterocycles. The Hall–Kier alpha value is -3.50. The highest BCUT2D eigenvalue weighted by Gasteiger charge is 2.25. The average molecular weight is 505 g/mol. The van der Waals surface area contributed by atoms with Crippen LogP contribution in [0.4, 0.5) is 4.39 Å². The Balaban J connectivity index is 1.75. The number of benzene rings is 2. The van der Waals surface area contributed by atoms with Crippen molar-refractivity contribution in [3.63, 3.8) is 0 Å². The fourth-order valence-electron chi connectivity index (χ4n) is 3.35. The fourth-order valence-corrected chi connectivity index (χ4v) is 3.52. The van der Waals surface area contributed by atoms with Gasteiger partial charge >= 0.3 is 5.97 Å². The number of aliphatic hydroxyl groups is 1. The lowest BCUT2D eigenvalue weighted by atomic mass is 9.97. The van der Waals surface area contributed by atoms with E-state index in [1.165, 1.54) is 18.2 Å². The minimum Gasteiger partial charge on any atom is -0.464 e. The zero-order valence-electron chi connectivity index (χ0n) is 19.2. The van der Waals surface area contributed by atoms with Crippen LogP contribution < -0.4 is 5.32 Å². The Kier molecular flexibility index (Phi) is 8.78. The number of hydrogen-bond donors (Lipinski definition) is 3. The molecule has 2 atom stereocenters. The van der Waals surface area contributed by atoms with Crippen molar-refractivity contribution < 1.29 is 29.0 Å². The van der Waals surface area contributed by atoms with Crippen LogP contribution in [-0.2, 0) is 16.0 Å². The number of halogens is 2. The maximum Gasteiger partial charge on any atom is 0.335 e. The van der Waals surface area contributed by atoms with Gasteiger partial charge in [-0.1, -0.05) is 54.6 Å². The number of nitrogens with zero attached hydrogens (tertiary/aromatic N) is 3. The predicted molar refractivity (Wildman–Crippen MR) is 125 cm³/mol. The Bertz CT molecular complexity index is 1170. The molecule has 0 radical (unpaired) electrons. The highest BCUT2D eigenvalue weighted by atomic mass is 35.5. The Labute approximate surface area is 206 Å². The molecule has 2 aromatic carbocycles. The van der Waals surface area contributed by atoms with Crippen molar-refractivity contribution in [2.45, 2.75) is 38.8 Å². The number of ether oxygens (including phenoxy) is 1. The smallest absolute Gasteiger partial charge is 0.335 e. The molecule has 0 fully saturated rings. The van der Waals surface area contributed by atoms with Gasteiger partial charge in [-0.25, -0.2) is 9.18 Å². The summed E-state index contributed by atoms with van der Waals surface area (Å²) in [4.78, 5) is 25.1. The normalized spacial score (nSPS) is 12.9. The van der Waals surface area contributed by atoms with Gasteiger partial charge in [0.2, 0.25) is 0 Å². The summed E-state index contributed by atoms with van der Waals surface area (Å²) in [6, 6.07) is 10.5. The van der Waals surface area contributed by atoms with Gasteiger partial charge in [0.05, 0.1) is 12.8 Å². The van der Waals surface area contributed by atoms with Gasteiger partial charge in [0.1, 0.15) is 5.82 Å². The SMILES string of the molecule is CC(C)COC(=O)[C@H](O)C[C@@H](Cc1ccc(-c2cc(Cl)ccc2F)cc1)NC(=O)c1cn(O)nn1. The van der Waals surface area contributed by atoms with Gasteiger partial charge in [-0.15, -0.1) is 5.10 Å². The van der Waals surface area contributed by atoms with Crippen LogP contribution in [0.2, 0.25) is 5.02 Å². The van der Waals surface area contributed by atoms with E-state index >= 15 is 0 Å². The van der Waals surface area contributed by atoms with Gasteiger partial charge in [-0.05, 0) is 46.9 Å². The van der Waals surface area contributed by atoms with Crippen LogP contribution in [0.15, 0.2) is 48.7 Å². The van der Waals surface area contributed by atoms with E-state index in [1.807, 2.05) is 13.8 Å². The molecule has 3 rings (SSSR count). The molecule has 186 valence electrons. The first-order valence-corrected chi connectivity index (χ1v) is 11.3. The number of hydrogen-bond acceptors (Lipinski definition) is 7. The summed E-state index contributed by atoms with van der Waals surface area (Å²) < 4.78 is 19.3. The maximum absolute atomic E-state index is 14.2. The molecular formula is C24H26ClFN4O5. The van der Waals surface area contributed by atoms with Crippen molar-refractivity contribution in [1.29, 1.82) is 0 Å². The fraction of sp³-hybridized carbons (Fsp3) is 0.333. The third kappa shape index (κ3) is 7.49. The molecule has 1 heterocycles. The van der Waals surface area contributed by atoms with Gasteiger partial charge in [0, 0.05) is 23.0 Å². The van der Waals surface area contributed by atoms with Crippen molar-refractivity contribution in [1.82, 2.24) is 20.5 Å². The average Bonchev–Trinajstić information content (AvgIpc) is 3.26. The van der Waals surface area contributed by atoms with E-state index in [4.69, 9.17) is 16.3 Å². The molecule has 9 nitrogen and oxygen atoms in total. The quantitative estimate of drug-likeness (QED) is 0.285. The van der Waals surface area contributed by atoms with E-state index in [2.05, 4.69) is 15.6 Å². The van der Waals surface area contributed by atoms with E-state index in [0.717, 1.165) is 11.8 Å². The van der Waals surface area contributed by atoms with Crippen molar-refractivity contribution in [2.75, 3.05) is 6.61 Å². The van der Waals surface area contributed by atoms with Crippen molar-refractivity contribution in [3.05, 3.63) is 70.8 Å². The third-order valence-corrected chi connectivity index (χ3v) is 5.30. The van der Waals surface area contributed by atoms with Crippen molar-refractivity contribution in [2.24, 2.45) is 5.92 Å². The summed E-state index contributed by atoms with van der Waals surface area (Å²) in [5.41, 5.74) is 1.59. The number of aliphatic hydroxyl groups excluding tert-OH is 1. The first kappa shape index (κ1) is 26.1. The molecule has 11 heteroatoms. The van der Waals surface area contributed by atoms with E-state index in [0.29, 0.717) is 21.0 Å². The zero-order valence-corrected chi connectivity index (χ0v) is 19.9. The number of aromatic nitrogens is 3. The molecule has 0 unspecified atom stereocenters. The van der Waals surface area contributed by atoms with E-state index < -0.39 is 29.8 Å². The molecule has 0 aliphatic rings. The lowest BCUT2D eigenvalue weighted by Crippen LogP contribution is -2.41.